The maximum absolute atomic E-state index is 12.6. The Hall–Kier alpha value is -1.59. The largest absolute Gasteiger partial charge is 0.496 e. The van der Waals surface area contributed by atoms with Gasteiger partial charge in [-0.25, -0.2) is 0 Å². The van der Waals surface area contributed by atoms with E-state index in [9.17, 15) is 4.79 Å². The summed E-state index contributed by atoms with van der Waals surface area (Å²) < 4.78 is 5.42. The molecule has 5 nitrogen and oxygen atoms in total. The predicted molar refractivity (Wildman–Crippen MR) is 97.5 cm³/mol. The Morgan fingerprint density at radius 1 is 1.25 bits per heavy atom. The number of amides is 1. The van der Waals surface area contributed by atoms with Crippen molar-refractivity contribution in [3.05, 3.63) is 29.8 Å². The maximum Gasteiger partial charge on any atom is 0.236 e. The number of carbonyl (C=O) groups excluding carboxylic acids is 1. The summed E-state index contributed by atoms with van der Waals surface area (Å²) in [7, 11) is 5.74. The second-order valence-corrected chi connectivity index (χ2v) is 6.80. The summed E-state index contributed by atoms with van der Waals surface area (Å²) in [5.74, 6) is 1.09. The van der Waals surface area contributed by atoms with Gasteiger partial charge in [-0.3, -0.25) is 9.69 Å². The number of ether oxygens (including phenoxy) is 1. The molecule has 0 radical (unpaired) electrons. The van der Waals surface area contributed by atoms with E-state index in [0.29, 0.717) is 6.54 Å². The van der Waals surface area contributed by atoms with E-state index in [-0.39, 0.29) is 11.9 Å². The highest BCUT2D eigenvalue weighted by molar-refractivity contribution is 5.78. The molecule has 1 aliphatic heterocycles. The number of rotatable bonds is 6. The van der Waals surface area contributed by atoms with E-state index in [4.69, 9.17) is 4.74 Å². The number of hydrogen-bond acceptors (Lipinski definition) is 4. The van der Waals surface area contributed by atoms with Crippen molar-refractivity contribution in [1.29, 1.82) is 0 Å². The summed E-state index contributed by atoms with van der Waals surface area (Å²) >= 11 is 0. The fourth-order valence-corrected chi connectivity index (χ4v) is 3.13. The Morgan fingerprint density at radius 2 is 2.00 bits per heavy atom. The van der Waals surface area contributed by atoms with Crippen molar-refractivity contribution >= 4 is 5.91 Å². The van der Waals surface area contributed by atoms with E-state index in [2.05, 4.69) is 29.8 Å². The highest BCUT2D eigenvalue weighted by atomic mass is 16.5. The molecular formula is C19H31N3O2. The van der Waals surface area contributed by atoms with Gasteiger partial charge in [-0.05, 0) is 51.5 Å². The van der Waals surface area contributed by atoms with Crippen molar-refractivity contribution in [2.24, 2.45) is 0 Å². The van der Waals surface area contributed by atoms with E-state index in [1.807, 2.05) is 30.1 Å². The SMILES string of the molecule is COc1ccccc1CC(C)N(C)C(=O)CN1CCCN(C)CC1. The predicted octanol–water partition coefficient (Wildman–Crippen LogP) is 1.72. The third-order valence-electron chi connectivity index (χ3n) is 4.93. The van der Waals surface area contributed by atoms with E-state index < -0.39 is 0 Å². The van der Waals surface area contributed by atoms with E-state index in [1.54, 1.807) is 7.11 Å². The molecule has 2 rings (SSSR count). The van der Waals surface area contributed by atoms with Gasteiger partial charge in [0.2, 0.25) is 5.91 Å². The van der Waals surface area contributed by atoms with Crippen molar-refractivity contribution in [3.8, 4) is 5.75 Å². The van der Waals surface area contributed by atoms with Crippen LogP contribution in [0.5, 0.6) is 5.75 Å². The monoisotopic (exact) mass is 333 g/mol. The van der Waals surface area contributed by atoms with E-state index >= 15 is 0 Å². The van der Waals surface area contributed by atoms with E-state index in [0.717, 1.165) is 50.3 Å². The van der Waals surface area contributed by atoms with Crippen LogP contribution in [0.15, 0.2) is 24.3 Å². The summed E-state index contributed by atoms with van der Waals surface area (Å²) in [5.41, 5.74) is 1.14. The van der Waals surface area contributed by atoms with Crippen molar-refractivity contribution in [2.45, 2.75) is 25.8 Å². The van der Waals surface area contributed by atoms with Gasteiger partial charge < -0.3 is 14.5 Å². The number of benzene rings is 1. The first-order valence-electron chi connectivity index (χ1n) is 8.79. The fourth-order valence-electron chi connectivity index (χ4n) is 3.13. The van der Waals surface area contributed by atoms with Crippen LogP contribution in [0.1, 0.15) is 18.9 Å². The molecule has 1 aromatic rings. The van der Waals surface area contributed by atoms with Gasteiger partial charge in [0.1, 0.15) is 5.75 Å². The van der Waals surface area contributed by atoms with Gasteiger partial charge in [-0.15, -0.1) is 0 Å². The van der Waals surface area contributed by atoms with Gasteiger partial charge in [0.05, 0.1) is 13.7 Å². The minimum Gasteiger partial charge on any atom is -0.496 e. The number of likely N-dealkylation sites (N-methyl/N-ethyl adjacent to an activating group) is 2. The van der Waals surface area contributed by atoms with Crippen molar-refractivity contribution in [1.82, 2.24) is 14.7 Å². The molecule has 0 bridgehead atoms. The van der Waals surface area contributed by atoms with Crippen LogP contribution in [-0.2, 0) is 11.2 Å². The quantitative estimate of drug-likeness (QED) is 0.794. The highest BCUT2D eigenvalue weighted by Gasteiger charge is 2.21. The molecule has 5 heteroatoms. The molecule has 0 aromatic heterocycles. The number of carbonyl (C=O) groups is 1. The van der Waals surface area contributed by atoms with E-state index in [1.165, 1.54) is 0 Å². The second-order valence-electron chi connectivity index (χ2n) is 6.80. The Balaban J connectivity index is 1.89. The molecule has 1 unspecified atom stereocenters. The standard InChI is InChI=1S/C19H31N3O2/c1-16(14-17-8-5-6-9-18(17)24-4)21(3)19(23)15-22-11-7-10-20(2)12-13-22/h5-6,8-9,16H,7,10-15H2,1-4H3. The minimum atomic E-state index is 0.142. The van der Waals surface area contributed by atoms with Gasteiger partial charge in [0.15, 0.2) is 0 Å². The lowest BCUT2D eigenvalue weighted by Crippen LogP contribution is -2.44. The van der Waals surface area contributed by atoms with Crippen LogP contribution in [0.3, 0.4) is 0 Å². The number of nitrogens with zero attached hydrogens (tertiary/aromatic N) is 3. The highest BCUT2D eigenvalue weighted by Crippen LogP contribution is 2.20. The van der Waals surface area contributed by atoms with Crippen molar-refractivity contribution < 1.29 is 9.53 Å². The molecule has 24 heavy (non-hydrogen) atoms. The summed E-state index contributed by atoms with van der Waals surface area (Å²) in [4.78, 5) is 19.1. The average molecular weight is 333 g/mol. The molecule has 1 aliphatic rings. The Morgan fingerprint density at radius 3 is 2.75 bits per heavy atom. The first-order chi connectivity index (χ1) is 11.5. The van der Waals surface area contributed by atoms with Gasteiger partial charge in [0.25, 0.3) is 0 Å². The summed E-state index contributed by atoms with van der Waals surface area (Å²) in [6.45, 7) is 6.74. The molecule has 134 valence electrons. The molecular weight excluding hydrogens is 302 g/mol. The molecule has 0 aliphatic carbocycles. The maximum atomic E-state index is 12.6. The van der Waals surface area contributed by atoms with Crippen LogP contribution in [-0.4, -0.2) is 80.6 Å². The number of hydrogen-bond donors (Lipinski definition) is 0. The first-order valence-corrected chi connectivity index (χ1v) is 8.79. The molecule has 1 fully saturated rings. The smallest absolute Gasteiger partial charge is 0.236 e. The molecule has 1 saturated heterocycles. The van der Waals surface area contributed by atoms with Gasteiger partial charge in [0, 0.05) is 26.2 Å². The lowest BCUT2D eigenvalue weighted by molar-refractivity contribution is -0.132. The number of para-hydroxylation sites is 1. The lowest BCUT2D eigenvalue weighted by atomic mass is 10.1. The lowest BCUT2D eigenvalue weighted by Gasteiger charge is -2.28. The Bertz CT molecular complexity index is 535. The van der Waals surface area contributed by atoms with Crippen LogP contribution in [0.4, 0.5) is 0 Å². The van der Waals surface area contributed by atoms with Gasteiger partial charge in [-0.2, -0.15) is 0 Å². The molecule has 1 atom stereocenters. The number of methoxy groups -OCH3 is 1. The third kappa shape index (κ3) is 5.21. The van der Waals surface area contributed by atoms with Gasteiger partial charge in [-0.1, -0.05) is 18.2 Å². The molecule has 0 spiro atoms. The summed E-state index contributed by atoms with van der Waals surface area (Å²) in [6, 6.07) is 8.16. The molecule has 1 aromatic carbocycles. The van der Waals surface area contributed by atoms with Crippen LogP contribution in [0, 0.1) is 0 Å². The first kappa shape index (κ1) is 18.7. The van der Waals surface area contributed by atoms with Crippen molar-refractivity contribution in [2.75, 3.05) is 53.9 Å². The van der Waals surface area contributed by atoms with Crippen molar-refractivity contribution in [3.63, 3.8) is 0 Å². The average Bonchev–Trinajstić information content (AvgIpc) is 2.79. The summed E-state index contributed by atoms with van der Waals surface area (Å²) in [6.07, 6.45) is 1.93. The Labute approximate surface area is 146 Å². The Kier molecular flexibility index (Phi) is 7.06. The zero-order valence-electron chi connectivity index (χ0n) is 15.5. The zero-order chi connectivity index (χ0) is 17.5. The topological polar surface area (TPSA) is 36.0 Å². The molecule has 1 heterocycles. The molecule has 0 saturated carbocycles. The fraction of sp³-hybridized carbons (Fsp3) is 0.632. The van der Waals surface area contributed by atoms with Gasteiger partial charge >= 0.3 is 0 Å². The third-order valence-corrected chi connectivity index (χ3v) is 4.93. The van der Waals surface area contributed by atoms with Crippen LogP contribution < -0.4 is 4.74 Å². The molecule has 1 amide bonds. The minimum absolute atomic E-state index is 0.142. The normalized spacial score (nSPS) is 18.0. The second kappa shape index (κ2) is 9.04. The van der Waals surface area contributed by atoms with Crippen LogP contribution >= 0.6 is 0 Å². The zero-order valence-corrected chi connectivity index (χ0v) is 15.5. The van der Waals surface area contributed by atoms with Crippen LogP contribution in [0.25, 0.3) is 0 Å². The molecule has 0 N–H and O–H groups in total. The van der Waals surface area contributed by atoms with Crippen LogP contribution in [0.2, 0.25) is 0 Å². The summed E-state index contributed by atoms with van der Waals surface area (Å²) in [5, 5.41) is 0.